The van der Waals surface area contributed by atoms with Gasteiger partial charge in [-0.05, 0) is 31.2 Å². The summed E-state index contributed by atoms with van der Waals surface area (Å²) in [7, 11) is 0. The molecule has 1 heterocycles. The molecule has 0 unspecified atom stereocenters. The summed E-state index contributed by atoms with van der Waals surface area (Å²) in [5.74, 6) is -0.443. The van der Waals surface area contributed by atoms with Gasteiger partial charge >= 0.3 is 0 Å². The lowest BCUT2D eigenvalue weighted by Crippen LogP contribution is -2.13. The van der Waals surface area contributed by atoms with Gasteiger partial charge in [-0.25, -0.2) is 0 Å². The second-order valence-electron chi connectivity index (χ2n) is 4.71. The van der Waals surface area contributed by atoms with Gasteiger partial charge in [0.05, 0.1) is 9.21 Å². The Labute approximate surface area is 137 Å². The number of carbonyl (C=O) groups excluding carboxylic acids is 3. The molecule has 6 heteroatoms. The number of thiophene rings is 1. The number of Topliss-reactive ketones (excluding diaryl/α,β-unsaturated/α-hetero) is 2. The van der Waals surface area contributed by atoms with Crippen molar-refractivity contribution in [3.8, 4) is 0 Å². The van der Waals surface area contributed by atoms with E-state index in [1.165, 1.54) is 18.3 Å². The monoisotopic (exact) mass is 335 g/mol. The van der Waals surface area contributed by atoms with E-state index in [2.05, 4.69) is 5.32 Å². The van der Waals surface area contributed by atoms with E-state index in [9.17, 15) is 14.4 Å². The molecule has 0 aliphatic rings. The molecule has 0 spiro atoms. The number of amides is 1. The summed E-state index contributed by atoms with van der Waals surface area (Å²) < 4.78 is 0.550. The highest BCUT2D eigenvalue weighted by atomic mass is 35.5. The topological polar surface area (TPSA) is 63.2 Å². The molecule has 2 aromatic rings. The van der Waals surface area contributed by atoms with E-state index in [1.807, 2.05) is 0 Å². The van der Waals surface area contributed by atoms with Gasteiger partial charge in [0.2, 0.25) is 5.91 Å². The van der Waals surface area contributed by atoms with Crippen LogP contribution in [-0.4, -0.2) is 17.5 Å². The Kier molecular flexibility index (Phi) is 5.46. The van der Waals surface area contributed by atoms with Crippen molar-refractivity contribution in [2.75, 3.05) is 5.32 Å². The first-order chi connectivity index (χ1) is 10.5. The first-order valence-corrected chi connectivity index (χ1v) is 7.84. The molecule has 2 rings (SSSR count). The SMILES string of the molecule is CC(=O)c1cccc(NC(=O)CCC(=O)c2ccc(Cl)s2)c1. The van der Waals surface area contributed by atoms with Gasteiger partial charge in [0, 0.05) is 24.1 Å². The van der Waals surface area contributed by atoms with Crippen LogP contribution in [0.15, 0.2) is 36.4 Å². The number of ketones is 2. The van der Waals surface area contributed by atoms with Gasteiger partial charge in [0.15, 0.2) is 11.6 Å². The Morgan fingerprint density at radius 3 is 2.55 bits per heavy atom. The molecule has 1 aromatic heterocycles. The Morgan fingerprint density at radius 1 is 1.14 bits per heavy atom. The quantitative estimate of drug-likeness (QED) is 0.804. The highest BCUT2D eigenvalue weighted by molar-refractivity contribution is 7.18. The highest BCUT2D eigenvalue weighted by Gasteiger charge is 2.12. The minimum absolute atomic E-state index is 0.0687. The van der Waals surface area contributed by atoms with E-state index >= 15 is 0 Å². The van der Waals surface area contributed by atoms with Gasteiger partial charge in [-0.3, -0.25) is 14.4 Å². The molecule has 0 atom stereocenters. The zero-order valence-electron chi connectivity index (χ0n) is 11.9. The van der Waals surface area contributed by atoms with Crippen LogP contribution in [-0.2, 0) is 4.79 Å². The largest absolute Gasteiger partial charge is 0.326 e. The lowest BCUT2D eigenvalue weighted by atomic mass is 10.1. The number of hydrogen-bond acceptors (Lipinski definition) is 4. The lowest BCUT2D eigenvalue weighted by Gasteiger charge is -2.06. The standard InChI is InChI=1S/C16H14ClNO3S/c1-10(19)11-3-2-4-12(9-11)18-16(21)8-5-13(20)14-6-7-15(17)22-14/h2-4,6-7,9H,5,8H2,1H3,(H,18,21). The molecule has 0 aliphatic heterocycles. The minimum Gasteiger partial charge on any atom is -0.326 e. The smallest absolute Gasteiger partial charge is 0.224 e. The summed E-state index contributed by atoms with van der Waals surface area (Å²) in [5.41, 5.74) is 1.08. The van der Waals surface area contributed by atoms with Gasteiger partial charge in [0.25, 0.3) is 0 Å². The van der Waals surface area contributed by atoms with Crippen molar-refractivity contribution >= 4 is 46.1 Å². The van der Waals surface area contributed by atoms with E-state index in [1.54, 1.807) is 36.4 Å². The van der Waals surface area contributed by atoms with Crippen LogP contribution in [0.3, 0.4) is 0 Å². The molecule has 0 aliphatic carbocycles. The van der Waals surface area contributed by atoms with E-state index in [0.717, 1.165) is 0 Å². The van der Waals surface area contributed by atoms with E-state index < -0.39 is 0 Å². The Balaban J connectivity index is 1.89. The predicted molar refractivity (Wildman–Crippen MR) is 88.0 cm³/mol. The molecule has 0 saturated carbocycles. The number of rotatable bonds is 6. The maximum atomic E-state index is 11.9. The normalized spacial score (nSPS) is 10.3. The molecule has 22 heavy (non-hydrogen) atoms. The van der Waals surface area contributed by atoms with Crippen LogP contribution in [0.1, 0.15) is 39.8 Å². The average molecular weight is 336 g/mol. The first-order valence-electron chi connectivity index (χ1n) is 6.65. The summed E-state index contributed by atoms with van der Waals surface area (Å²) in [6, 6.07) is 10.0. The Morgan fingerprint density at radius 2 is 1.91 bits per heavy atom. The third kappa shape index (κ3) is 4.51. The number of carbonyl (C=O) groups is 3. The first kappa shape index (κ1) is 16.4. The summed E-state index contributed by atoms with van der Waals surface area (Å²) in [4.78, 5) is 35.6. The van der Waals surface area contributed by atoms with Crippen molar-refractivity contribution in [2.24, 2.45) is 0 Å². The Hall–Kier alpha value is -1.98. The summed E-state index contributed by atoms with van der Waals surface area (Å²) in [6.07, 6.45) is 0.202. The van der Waals surface area contributed by atoms with E-state index in [0.29, 0.717) is 20.5 Å². The highest BCUT2D eigenvalue weighted by Crippen LogP contribution is 2.23. The zero-order valence-corrected chi connectivity index (χ0v) is 13.5. The third-order valence-electron chi connectivity index (χ3n) is 2.98. The summed E-state index contributed by atoms with van der Waals surface area (Å²) >= 11 is 6.98. The van der Waals surface area contributed by atoms with Gasteiger partial charge in [-0.1, -0.05) is 23.7 Å². The van der Waals surface area contributed by atoms with Gasteiger partial charge in [-0.2, -0.15) is 0 Å². The van der Waals surface area contributed by atoms with Crippen molar-refractivity contribution in [1.82, 2.24) is 0 Å². The molecular formula is C16H14ClNO3S. The number of benzene rings is 1. The van der Waals surface area contributed by atoms with Crippen LogP contribution in [0.5, 0.6) is 0 Å². The molecule has 114 valence electrons. The molecule has 1 N–H and O–H groups in total. The number of hydrogen-bond donors (Lipinski definition) is 1. The van der Waals surface area contributed by atoms with Crippen molar-refractivity contribution in [3.05, 3.63) is 51.2 Å². The van der Waals surface area contributed by atoms with Crippen molar-refractivity contribution < 1.29 is 14.4 Å². The average Bonchev–Trinajstić information content (AvgIpc) is 2.91. The fourth-order valence-electron chi connectivity index (χ4n) is 1.85. The van der Waals surface area contributed by atoms with Crippen LogP contribution in [0.2, 0.25) is 4.34 Å². The minimum atomic E-state index is -0.267. The number of halogens is 1. The molecule has 0 bridgehead atoms. The molecule has 4 nitrogen and oxygen atoms in total. The van der Waals surface area contributed by atoms with E-state index in [4.69, 9.17) is 11.6 Å². The molecule has 1 amide bonds. The fourth-order valence-corrected chi connectivity index (χ4v) is 2.86. The van der Waals surface area contributed by atoms with Crippen molar-refractivity contribution in [1.29, 1.82) is 0 Å². The zero-order chi connectivity index (χ0) is 16.1. The fraction of sp³-hybridized carbons (Fsp3) is 0.188. The lowest BCUT2D eigenvalue weighted by molar-refractivity contribution is -0.116. The number of anilines is 1. The van der Waals surface area contributed by atoms with Crippen LogP contribution >= 0.6 is 22.9 Å². The molecular weight excluding hydrogens is 322 g/mol. The van der Waals surface area contributed by atoms with Gasteiger partial charge in [-0.15, -0.1) is 11.3 Å². The molecule has 0 radical (unpaired) electrons. The Bertz CT molecular complexity index is 724. The van der Waals surface area contributed by atoms with Crippen molar-refractivity contribution in [3.63, 3.8) is 0 Å². The maximum absolute atomic E-state index is 11.9. The molecule has 1 aromatic carbocycles. The summed E-state index contributed by atoms with van der Waals surface area (Å²) in [5, 5.41) is 2.68. The molecule has 0 fully saturated rings. The van der Waals surface area contributed by atoms with Crippen LogP contribution in [0.25, 0.3) is 0 Å². The third-order valence-corrected chi connectivity index (χ3v) is 4.25. The van der Waals surface area contributed by atoms with Crippen LogP contribution in [0.4, 0.5) is 5.69 Å². The van der Waals surface area contributed by atoms with E-state index in [-0.39, 0.29) is 30.3 Å². The summed E-state index contributed by atoms with van der Waals surface area (Å²) in [6.45, 7) is 1.46. The second-order valence-corrected chi connectivity index (χ2v) is 6.43. The van der Waals surface area contributed by atoms with Gasteiger partial charge in [0.1, 0.15) is 0 Å². The second kappa shape index (κ2) is 7.33. The van der Waals surface area contributed by atoms with Crippen molar-refractivity contribution in [2.45, 2.75) is 19.8 Å². The molecule has 0 saturated heterocycles. The van der Waals surface area contributed by atoms with Gasteiger partial charge < -0.3 is 5.32 Å². The van der Waals surface area contributed by atoms with Crippen LogP contribution < -0.4 is 5.32 Å². The van der Waals surface area contributed by atoms with Crippen LogP contribution in [0, 0.1) is 0 Å². The number of nitrogens with one attached hydrogen (secondary N) is 1. The predicted octanol–water partition coefficient (Wildman–Crippen LogP) is 4.21. The maximum Gasteiger partial charge on any atom is 0.224 e.